The number of carbonyl (C=O) groups is 1. The van der Waals surface area contributed by atoms with Gasteiger partial charge in [0.05, 0.1) is 16.6 Å². The van der Waals surface area contributed by atoms with Gasteiger partial charge in [0.25, 0.3) is 0 Å². The zero-order valence-corrected chi connectivity index (χ0v) is 27.5. The average molecular weight is 677 g/mol. The molecule has 7 rings (SSSR count). The van der Waals surface area contributed by atoms with Gasteiger partial charge in [-0.2, -0.15) is 4.80 Å². The predicted octanol–water partition coefficient (Wildman–Crippen LogP) is 5.86. The standard InChI is InChI=1S/C36H32N6O8/c1-4-5-13-31-37-28-12-8-11-27(34(43)46-20-30-22(3)48-36(45)50-30)32(28)41(31)18-23-14-16-24(17-15-23)25-9-6-7-10-26(25)33-38-40-42(39-33)19-29-21(2)47-35(44)49-29/h6-12,14-17H,4-5,13,18-20H2,1-3H3. The van der Waals surface area contributed by atoms with Gasteiger partial charge in [-0.25, -0.2) is 19.4 Å². The first-order valence-electron chi connectivity index (χ1n) is 16.1. The highest BCUT2D eigenvalue weighted by Crippen LogP contribution is 2.31. The van der Waals surface area contributed by atoms with Crippen molar-refractivity contribution in [3.05, 3.63) is 128 Å². The van der Waals surface area contributed by atoms with Gasteiger partial charge in [0.15, 0.2) is 23.9 Å². The van der Waals surface area contributed by atoms with E-state index in [2.05, 4.69) is 26.9 Å². The fourth-order valence-corrected chi connectivity index (χ4v) is 5.78. The van der Waals surface area contributed by atoms with Crippen molar-refractivity contribution in [2.45, 2.75) is 59.7 Å². The van der Waals surface area contributed by atoms with Crippen molar-refractivity contribution in [2.75, 3.05) is 0 Å². The molecule has 0 amide bonds. The smallest absolute Gasteiger partial charge is 0.454 e. The molecule has 0 N–H and O–H groups in total. The second-order valence-corrected chi connectivity index (χ2v) is 11.7. The third kappa shape index (κ3) is 6.55. The molecule has 50 heavy (non-hydrogen) atoms. The van der Waals surface area contributed by atoms with Crippen LogP contribution in [0.25, 0.3) is 33.5 Å². The van der Waals surface area contributed by atoms with Gasteiger partial charge in [0.1, 0.15) is 18.1 Å². The Bertz CT molecular complexity index is 2420. The van der Waals surface area contributed by atoms with Crippen molar-refractivity contribution in [1.82, 2.24) is 29.8 Å². The van der Waals surface area contributed by atoms with Crippen molar-refractivity contribution in [3.8, 4) is 22.5 Å². The maximum atomic E-state index is 13.4. The SMILES string of the molecule is CCCCc1nc2cccc(C(=O)OCc3oc(=O)oc3C)c2n1Cc1ccc(-c2ccccc2-c2nnn(Cc3oc(=O)oc3C)n2)cc1. The number of carbonyl (C=O) groups excluding carboxylic acids is 1. The summed E-state index contributed by atoms with van der Waals surface area (Å²) < 4.78 is 27.5. The highest BCUT2D eigenvalue weighted by atomic mass is 16.6. The first kappa shape index (κ1) is 32.2. The Hall–Kier alpha value is -6.31. The van der Waals surface area contributed by atoms with Crippen molar-refractivity contribution in [1.29, 1.82) is 0 Å². The second-order valence-electron chi connectivity index (χ2n) is 11.7. The normalized spacial score (nSPS) is 11.4. The molecule has 0 radical (unpaired) electrons. The summed E-state index contributed by atoms with van der Waals surface area (Å²) in [6.07, 6.45) is 2.67. The van der Waals surface area contributed by atoms with E-state index in [1.54, 1.807) is 26.0 Å². The van der Waals surface area contributed by atoms with Crippen LogP contribution in [0.3, 0.4) is 0 Å². The molecule has 0 fully saturated rings. The van der Waals surface area contributed by atoms with Crippen LogP contribution in [0.4, 0.5) is 0 Å². The number of para-hydroxylation sites is 1. The second kappa shape index (κ2) is 13.7. The Balaban J connectivity index is 1.16. The van der Waals surface area contributed by atoms with Gasteiger partial charge in [0.2, 0.25) is 5.82 Å². The molecule has 7 aromatic rings. The van der Waals surface area contributed by atoms with E-state index in [1.807, 2.05) is 54.6 Å². The number of esters is 1. The molecule has 3 aromatic carbocycles. The number of nitrogens with zero attached hydrogens (tertiary/aromatic N) is 6. The number of tetrazole rings is 1. The fraction of sp³-hybridized carbons (Fsp3) is 0.250. The zero-order chi connectivity index (χ0) is 34.8. The highest BCUT2D eigenvalue weighted by Gasteiger charge is 2.21. The summed E-state index contributed by atoms with van der Waals surface area (Å²) >= 11 is 0. The molecule has 0 saturated heterocycles. The Labute approximate surface area is 283 Å². The average Bonchev–Trinajstić information content (AvgIpc) is 3.88. The number of benzene rings is 3. The molecule has 4 aromatic heterocycles. The third-order valence-electron chi connectivity index (χ3n) is 8.34. The molecule has 0 spiro atoms. The van der Waals surface area contributed by atoms with Crippen LogP contribution in [0.5, 0.6) is 0 Å². The van der Waals surface area contributed by atoms with Gasteiger partial charge >= 0.3 is 17.6 Å². The van der Waals surface area contributed by atoms with Crippen molar-refractivity contribution < 1.29 is 27.2 Å². The molecule has 4 heterocycles. The Kier molecular flexibility index (Phi) is 8.81. The lowest BCUT2D eigenvalue weighted by atomic mass is 9.98. The lowest BCUT2D eigenvalue weighted by Crippen LogP contribution is -2.11. The summed E-state index contributed by atoms with van der Waals surface area (Å²) in [4.78, 5) is 42.5. The van der Waals surface area contributed by atoms with E-state index >= 15 is 0 Å². The molecule has 14 heteroatoms. The minimum Gasteiger partial charge on any atom is -0.454 e. The van der Waals surface area contributed by atoms with Crippen LogP contribution < -0.4 is 11.6 Å². The molecule has 0 aliphatic heterocycles. The van der Waals surface area contributed by atoms with Crippen LogP contribution in [0.2, 0.25) is 0 Å². The molecule has 0 aliphatic carbocycles. The fourth-order valence-electron chi connectivity index (χ4n) is 5.78. The number of aromatic nitrogens is 6. The largest absolute Gasteiger partial charge is 0.519 e. The van der Waals surface area contributed by atoms with Crippen LogP contribution in [0.1, 0.15) is 64.6 Å². The monoisotopic (exact) mass is 676 g/mol. The van der Waals surface area contributed by atoms with Crippen molar-refractivity contribution >= 4 is 17.0 Å². The summed E-state index contributed by atoms with van der Waals surface area (Å²) in [7, 11) is 0. The summed E-state index contributed by atoms with van der Waals surface area (Å²) in [6, 6.07) is 21.3. The molecular formula is C36H32N6O8. The molecule has 0 unspecified atom stereocenters. The van der Waals surface area contributed by atoms with Crippen molar-refractivity contribution in [3.63, 3.8) is 0 Å². The number of fused-ring (bicyclic) bond motifs is 1. The molecular weight excluding hydrogens is 644 g/mol. The summed E-state index contributed by atoms with van der Waals surface area (Å²) in [5.74, 6) is 0.216. The van der Waals surface area contributed by atoms with E-state index in [0.717, 1.165) is 47.3 Å². The Morgan fingerprint density at radius 3 is 2.24 bits per heavy atom. The molecule has 0 atom stereocenters. The number of aryl methyl sites for hydroxylation is 3. The first-order valence-corrected chi connectivity index (χ1v) is 16.1. The van der Waals surface area contributed by atoms with Gasteiger partial charge in [0, 0.05) is 18.5 Å². The Morgan fingerprint density at radius 1 is 0.820 bits per heavy atom. The van der Waals surface area contributed by atoms with E-state index in [1.165, 1.54) is 4.80 Å². The van der Waals surface area contributed by atoms with E-state index in [0.29, 0.717) is 40.5 Å². The summed E-state index contributed by atoms with van der Waals surface area (Å²) in [5, 5.41) is 12.9. The highest BCUT2D eigenvalue weighted by molar-refractivity contribution is 6.02. The zero-order valence-electron chi connectivity index (χ0n) is 27.5. The van der Waals surface area contributed by atoms with Gasteiger partial charge in [-0.15, -0.1) is 10.2 Å². The predicted molar refractivity (Wildman–Crippen MR) is 178 cm³/mol. The molecule has 0 bridgehead atoms. The third-order valence-corrected chi connectivity index (χ3v) is 8.34. The van der Waals surface area contributed by atoms with E-state index < -0.39 is 17.6 Å². The Morgan fingerprint density at radius 2 is 1.54 bits per heavy atom. The molecule has 254 valence electrons. The minimum absolute atomic E-state index is 0.103. The molecule has 14 nitrogen and oxygen atoms in total. The maximum Gasteiger partial charge on any atom is 0.519 e. The van der Waals surface area contributed by atoms with E-state index in [9.17, 15) is 14.4 Å². The molecule has 0 saturated carbocycles. The van der Waals surface area contributed by atoms with Gasteiger partial charge < -0.3 is 27.0 Å². The minimum atomic E-state index is -0.845. The quantitative estimate of drug-likeness (QED) is 0.141. The van der Waals surface area contributed by atoms with Crippen LogP contribution in [0.15, 0.2) is 94.0 Å². The number of rotatable bonds is 12. The van der Waals surface area contributed by atoms with Gasteiger partial charge in [-0.1, -0.05) is 67.9 Å². The first-order chi connectivity index (χ1) is 24.3. The van der Waals surface area contributed by atoms with Gasteiger partial charge in [-0.3, -0.25) is 0 Å². The lowest BCUT2D eigenvalue weighted by Gasteiger charge is -2.13. The number of ether oxygens (including phenoxy) is 1. The van der Waals surface area contributed by atoms with Crippen LogP contribution in [-0.4, -0.2) is 35.7 Å². The van der Waals surface area contributed by atoms with Gasteiger partial charge in [-0.05, 0) is 54.3 Å². The number of hydrogen-bond acceptors (Lipinski definition) is 12. The van der Waals surface area contributed by atoms with E-state index in [4.69, 9.17) is 27.4 Å². The lowest BCUT2D eigenvalue weighted by molar-refractivity contribution is 0.0444. The number of imidazole rings is 1. The van der Waals surface area contributed by atoms with Crippen LogP contribution >= 0.6 is 0 Å². The van der Waals surface area contributed by atoms with Crippen LogP contribution in [-0.2, 0) is 30.9 Å². The van der Waals surface area contributed by atoms with Crippen LogP contribution in [0, 0.1) is 13.8 Å². The topological polar surface area (TPSA) is 174 Å². The maximum absolute atomic E-state index is 13.4. The number of hydrogen-bond donors (Lipinski definition) is 0. The summed E-state index contributed by atoms with van der Waals surface area (Å²) in [5.41, 5.74) is 5.36. The molecule has 0 aliphatic rings. The number of unbranched alkanes of at least 4 members (excludes halogenated alkanes) is 1. The summed E-state index contributed by atoms with van der Waals surface area (Å²) in [6.45, 7) is 5.67. The van der Waals surface area contributed by atoms with Crippen molar-refractivity contribution in [2.24, 2.45) is 0 Å². The van der Waals surface area contributed by atoms with E-state index in [-0.39, 0.29) is 24.7 Å².